The van der Waals surface area contributed by atoms with Crippen LogP contribution in [0, 0.1) is 0 Å². The van der Waals surface area contributed by atoms with E-state index in [0.29, 0.717) is 6.42 Å². The van der Waals surface area contributed by atoms with Crippen LogP contribution in [0.2, 0.25) is 0 Å². The Balaban J connectivity index is 4.15. The number of unbranched alkanes of at least 4 members (excludes halogenated alkanes) is 2. The maximum atomic E-state index is 7.47. The fraction of sp³-hybridized carbons (Fsp3) is 1.00. The molecule has 0 aromatic carbocycles. The van der Waals surface area contributed by atoms with Gasteiger partial charge in [-0.15, -0.1) is 0 Å². The first-order chi connectivity index (χ1) is 6.23. The minimum Gasteiger partial charge on any atom is -0.0654 e. The molecule has 0 aromatic rings. The highest BCUT2D eigenvalue weighted by Crippen LogP contribution is 2.03. The molecule has 0 amide bonds. The van der Waals surface area contributed by atoms with Crippen LogP contribution < -0.4 is 0 Å². The van der Waals surface area contributed by atoms with Crippen LogP contribution in [0.4, 0.5) is 0 Å². The lowest BCUT2D eigenvalue weighted by Gasteiger charge is -1.93. The SMILES string of the molecule is [2H]C(CCCCC)C([2H])([2H])C([2H])([2H])[2H]. The summed E-state index contributed by atoms with van der Waals surface area (Å²) in [7, 11) is 0. The fourth-order valence-corrected chi connectivity index (χ4v) is 0.569. The quantitative estimate of drug-likeness (QED) is 0.488. The molecule has 0 heteroatoms. The highest BCUT2D eigenvalue weighted by molar-refractivity contribution is 4.39. The van der Waals surface area contributed by atoms with Crippen molar-refractivity contribution in [3.8, 4) is 0 Å². The molecule has 0 bridgehead atoms. The molecular weight excluding hydrogens is 96.1 g/mol. The first-order valence-corrected chi connectivity index (χ1v) is 3.15. The second kappa shape index (κ2) is 7.00. The summed E-state index contributed by atoms with van der Waals surface area (Å²) in [6.45, 7) is -0.678. The molecule has 0 N–H and O–H groups in total. The lowest BCUT2D eigenvalue weighted by atomic mass is 10.1. The van der Waals surface area contributed by atoms with Crippen molar-refractivity contribution in [2.45, 2.75) is 52.2 Å². The number of rotatable bonds is 5. The number of hydrogen-bond acceptors (Lipinski definition) is 0. The van der Waals surface area contributed by atoms with Gasteiger partial charge in [-0.25, -0.2) is 0 Å². The highest BCUT2D eigenvalue weighted by Gasteiger charge is 1.83. The molecule has 0 radical (unpaired) electrons. The van der Waals surface area contributed by atoms with Crippen LogP contribution in [0.1, 0.15) is 60.5 Å². The standard InChI is InChI=1S/C8H18/c1-3-5-7-8-6-4-2/h3-8H2,1-2H3/i1D3,3D2,5D. The van der Waals surface area contributed by atoms with Crippen molar-refractivity contribution >= 4 is 0 Å². The van der Waals surface area contributed by atoms with E-state index < -0.39 is 19.6 Å². The molecule has 0 heterocycles. The summed E-state index contributed by atoms with van der Waals surface area (Å²) in [6, 6.07) is 0. The lowest BCUT2D eigenvalue weighted by Crippen LogP contribution is -1.73. The summed E-state index contributed by atoms with van der Waals surface area (Å²) in [5, 5.41) is 0. The van der Waals surface area contributed by atoms with Gasteiger partial charge in [0, 0.05) is 8.22 Å². The Morgan fingerprint density at radius 1 is 1.38 bits per heavy atom. The molecule has 0 saturated carbocycles. The van der Waals surface area contributed by atoms with E-state index in [4.69, 9.17) is 8.22 Å². The Morgan fingerprint density at radius 2 is 2.25 bits per heavy atom. The average molecular weight is 120 g/mol. The summed E-state index contributed by atoms with van der Waals surface area (Å²) in [5.41, 5.74) is 0. The van der Waals surface area contributed by atoms with Gasteiger partial charge >= 0.3 is 0 Å². The van der Waals surface area contributed by atoms with Gasteiger partial charge in [-0.3, -0.25) is 0 Å². The first-order valence-electron chi connectivity index (χ1n) is 6.23. The summed E-state index contributed by atoms with van der Waals surface area (Å²) in [6.07, 6.45) is -0.586. The topological polar surface area (TPSA) is 0 Å². The fourth-order valence-electron chi connectivity index (χ4n) is 0.569. The van der Waals surface area contributed by atoms with E-state index in [9.17, 15) is 0 Å². The summed E-state index contributed by atoms with van der Waals surface area (Å²) < 4.78 is 43.1. The molecule has 0 aliphatic carbocycles. The van der Waals surface area contributed by atoms with E-state index in [1.54, 1.807) is 0 Å². The van der Waals surface area contributed by atoms with Gasteiger partial charge in [0.25, 0.3) is 0 Å². The summed E-state index contributed by atoms with van der Waals surface area (Å²) in [4.78, 5) is 0. The third-order valence-corrected chi connectivity index (χ3v) is 1.05. The van der Waals surface area contributed by atoms with Gasteiger partial charge in [-0.2, -0.15) is 0 Å². The maximum absolute atomic E-state index is 7.47. The van der Waals surface area contributed by atoms with Gasteiger partial charge in [0.15, 0.2) is 0 Å². The Labute approximate surface area is 61.7 Å². The van der Waals surface area contributed by atoms with Crippen molar-refractivity contribution in [3.63, 3.8) is 0 Å². The molecule has 0 rings (SSSR count). The van der Waals surface area contributed by atoms with E-state index in [2.05, 4.69) is 0 Å². The van der Waals surface area contributed by atoms with Crippen LogP contribution in [0.15, 0.2) is 0 Å². The summed E-state index contributed by atoms with van der Waals surface area (Å²) >= 11 is 0. The monoisotopic (exact) mass is 120 g/mol. The third kappa shape index (κ3) is 6.00. The minimum atomic E-state index is -2.69. The van der Waals surface area contributed by atoms with Gasteiger partial charge < -0.3 is 0 Å². The van der Waals surface area contributed by atoms with Crippen molar-refractivity contribution in [1.82, 2.24) is 0 Å². The average Bonchev–Trinajstić information content (AvgIpc) is 2.02. The van der Waals surface area contributed by atoms with E-state index in [-0.39, 0.29) is 0 Å². The molecule has 0 aliphatic rings. The largest absolute Gasteiger partial charge is 0.0654 e. The van der Waals surface area contributed by atoms with Crippen LogP contribution >= 0.6 is 0 Å². The molecule has 0 aliphatic heterocycles. The van der Waals surface area contributed by atoms with Crippen molar-refractivity contribution in [1.29, 1.82) is 0 Å². The van der Waals surface area contributed by atoms with Crippen LogP contribution in [-0.4, -0.2) is 0 Å². The zero-order valence-electron chi connectivity index (χ0n) is 11.4. The highest BCUT2D eigenvalue weighted by atomic mass is 13.9. The molecule has 0 spiro atoms. The Hall–Kier alpha value is 0. The molecular formula is C8H18. The van der Waals surface area contributed by atoms with Crippen LogP contribution in [0.5, 0.6) is 0 Å². The second-order valence-electron chi connectivity index (χ2n) is 1.84. The van der Waals surface area contributed by atoms with Crippen LogP contribution in [0.25, 0.3) is 0 Å². The van der Waals surface area contributed by atoms with E-state index in [1.165, 1.54) is 0 Å². The predicted octanol–water partition coefficient (Wildman–Crippen LogP) is 3.37. The number of hydrogen-bond donors (Lipinski definition) is 0. The lowest BCUT2D eigenvalue weighted by molar-refractivity contribution is 0.624. The van der Waals surface area contributed by atoms with Crippen molar-refractivity contribution in [2.75, 3.05) is 0 Å². The van der Waals surface area contributed by atoms with Gasteiger partial charge in [0.1, 0.15) is 0 Å². The minimum absolute atomic E-state index is 0.319. The van der Waals surface area contributed by atoms with Crippen molar-refractivity contribution in [3.05, 3.63) is 0 Å². The van der Waals surface area contributed by atoms with Crippen LogP contribution in [0.3, 0.4) is 0 Å². The molecule has 0 aromatic heterocycles. The van der Waals surface area contributed by atoms with E-state index in [0.717, 1.165) is 19.3 Å². The predicted molar refractivity (Wildman–Crippen MR) is 39.1 cm³/mol. The first kappa shape index (κ1) is 2.32. The maximum Gasteiger partial charge on any atom is 0.0266 e. The third-order valence-electron chi connectivity index (χ3n) is 1.05. The summed E-state index contributed by atoms with van der Waals surface area (Å²) in [5.74, 6) is 0. The van der Waals surface area contributed by atoms with Crippen molar-refractivity contribution < 1.29 is 8.22 Å². The molecule has 0 nitrogen and oxygen atoms in total. The van der Waals surface area contributed by atoms with Gasteiger partial charge in [-0.05, 0) is 0 Å². The molecule has 1 unspecified atom stereocenters. The smallest absolute Gasteiger partial charge is 0.0266 e. The Kier molecular flexibility index (Phi) is 2.03. The van der Waals surface area contributed by atoms with Gasteiger partial charge in [-0.1, -0.05) is 52.2 Å². The zero-order valence-corrected chi connectivity index (χ0v) is 5.41. The molecule has 0 saturated heterocycles. The molecule has 1 atom stereocenters. The van der Waals surface area contributed by atoms with E-state index >= 15 is 0 Å². The van der Waals surface area contributed by atoms with E-state index in [1.807, 2.05) is 6.92 Å². The Bertz CT molecular complexity index is 162. The normalized spacial score (nSPS) is 28.1. The molecule has 50 valence electrons. The second-order valence-corrected chi connectivity index (χ2v) is 1.84. The van der Waals surface area contributed by atoms with Crippen molar-refractivity contribution in [2.24, 2.45) is 0 Å². The van der Waals surface area contributed by atoms with Gasteiger partial charge in [0.05, 0.1) is 0 Å². The molecule has 8 heavy (non-hydrogen) atoms. The van der Waals surface area contributed by atoms with Gasteiger partial charge in [0.2, 0.25) is 0 Å². The molecule has 0 fully saturated rings. The zero-order chi connectivity index (χ0) is 11.4. The Morgan fingerprint density at radius 3 is 2.88 bits per heavy atom. The van der Waals surface area contributed by atoms with Crippen LogP contribution in [-0.2, 0) is 0 Å².